The number of hydrogen-bond acceptors (Lipinski definition) is 2. The van der Waals surface area contributed by atoms with E-state index in [1.165, 1.54) is 0 Å². The number of carbonyl (C=O) groups excluding carboxylic acids is 1. The summed E-state index contributed by atoms with van der Waals surface area (Å²) in [5.41, 5.74) is 8.23. The third kappa shape index (κ3) is 4.24. The number of anilines is 2. The summed E-state index contributed by atoms with van der Waals surface area (Å²) in [4.78, 5) is 21.5. The Hall–Kier alpha value is -3.02. The highest BCUT2D eigenvalue weighted by Gasteiger charge is 2.05. The van der Waals surface area contributed by atoms with Crippen LogP contribution in [0.1, 0.15) is 11.1 Å². The molecule has 108 valence electrons. The van der Waals surface area contributed by atoms with Crippen LogP contribution in [0.3, 0.4) is 0 Å². The van der Waals surface area contributed by atoms with E-state index in [4.69, 9.17) is 10.8 Å². The second-order valence-electron chi connectivity index (χ2n) is 4.45. The number of hydrogen-bond donors (Lipinski definition) is 4. The van der Waals surface area contributed by atoms with Gasteiger partial charge in [0.1, 0.15) is 0 Å². The van der Waals surface area contributed by atoms with E-state index in [1.54, 1.807) is 18.2 Å². The smallest absolute Gasteiger partial charge is 0.409 e. The Balaban J connectivity index is 2.14. The molecule has 0 bridgehead atoms. The topological polar surface area (TPSA) is 104 Å². The summed E-state index contributed by atoms with van der Waals surface area (Å²) in [6, 6.07) is 13.8. The van der Waals surface area contributed by atoms with Crippen molar-refractivity contribution >= 4 is 23.5 Å². The van der Waals surface area contributed by atoms with Crippen LogP contribution in [-0.4, -0.2) is 17.2 Å². The van der Waals surface area contributed by atoms with Crippen LogP contribution in [0.15, 0.2) is 48.5 Å². The third-order valence-electron chi connectivity index (χ3n) is 2.88. The van der Waals surface area contributed by atoms with Crippen molar-refractivity contribution < 1.29 is 14.7 Å². The van der Waals surface area contributed by atoms with Crippen LogP contribution < -0.4 is 16.4 Å². The summed E-state index contributed by atoms with van der Waals surface area (Å²) in [5, 5.41) is 13.5. The molecule has 0 radical (unpaired) electrons. The van der Waals surface area contributed by atoms with Gasteiger partial charge in [-0.15, -0.1) is 0 Å². The van der Waals surface area contributed by atoms with Gasteiger partial charge in [0.15, 0.2) is 0 Å². The molecule has 2 aromatic carbocycles. The summed E-state index contributed by atoms with van der Waals surface area (Å²) < 4.78 is 0. The number of nitrogens with one attached hydrogen (secondary N) is 2. The number of carboxylic acid groups (broad SMARTS) is 1. The molecule has 0 aromatic heterocycles. The molecule has 0 aliphatic rings. The van der Waals surface area contributed by atoms with E-state index in [2.05, 4.69) is 10.6 Å². The van der Waals surface area contributed by atoms with E-state index in [0.29, 0.717) is 17.8 Å². The first-order valence-electron chi connectivity index (χ1n) is 6.28. The maximum Gasteiger partial charge on any atom is 0.409 e. The summed E-state index contributed by atoms with van der Waals surface area (Å²) in [6.07, 6.45) is -0.497. The number of primary amides is 1. The molecule has 5 N–H and O–H groups in total. The Morgan fingerprint density at radius 1 is 1.00 bits per heavy atom. The summed E-state index contributed by atoms with van der Waals surface area (Å²) in [6.45, 7) is 0. The quantitative estimate of drug-likeness (QED) is 0.694. The van der Waals surface area contributed by atoms with Gasteiger partial charge in [0.05, 0.1) is 0 Å². The zero-order valence-corrected chi connectivity index (χ0v) is 11.2. The van der Waals surface area contributed by atoms with Crippen molar-refractivity contribution in [2.45, 2.75) is 6.42 Å². The van der Waals surface area contributed by atoms with Crippen LogP contribution in [0, 0.1) is 0 Å². The number of para-hydroxylation sites is 1. The standard InChI is InChI=1S/C15H15N3O3/c16-14(19)18-13-4-2-1-3-11(13)9-10-5-7-12(8-6-10)17-15(20)21/h1-8,17H,9H2,(H,20,21)(H3,16,18,19). The Morgan fingerprint density at radius 3 is 2.29 bits per heavy atom. The number of rotatable bonds is 4. The number of nitrogens with two attached hydrogens (primary N) is 1. The van der Waals surface area contributed by atoms with Crippen LogP contribution in [0.25, 0.3) is 0 Å². The highest BCUT2D eigenvalue weighted by molar-refractivity contribution is 5.88. The molecule has 0 saturated heterocycles. The molecule has 21 heavy (non-hydrogen) atoms. The minimum absolute atomic E-state index is 0.509. The first-order chi connectivity index (χ1) is 10.0. The van der Waals surface area contributed by atoms with Crippen molar-refractivity contribution in [3.8, 4) is 0 Å². The van der Waals surface area contributed by atoms with Gasteiger partial charge in [-0.2, -0.15) is 0 Å². The van der Waals surface area contributed by atoms with Crippen LogP contribution in [0.2, 0.25) is 0 Å². The molecule has 0 heterocycles. The first-order valence-corrected chi connectivity index (χ1v) is 6.28. The van der Waals surface area contributed by atoms with Gasteiger partial charge in [0, 0.05) is 11.4 Å². The highest BCUT2D eigenvalue weighted by Crippen LogP contribution is 2.20. The van der Waals surface area contributed by atoms with Crippen molar-refractivity contribution in [1.82, 2.24) is 0 Å². The summed E-state index contributed by atoms with van der Waals surface area (Å²) >= 11 is 0. The molecule has 0 spiro atoms. The van der Waals surface area contributed by atoms with Gasteiger partial charge < -0.3 is 16.2 Å². The van der Waals surface area contributed by atoms with Crippen LogP contribution in [-0.2, 0) is 6.42 Å². The normalized spacial score (nSPS) is 9.90. The molecule has 6 nitrogen and oxygen atoms in total. The lowest BCUT2D eigenvalue weighted by Gasteiger charge is -2.10. The SMILES string of the molecule is NC(=O)Nc1ccccc1Cc1ccc(NC(=O)O)cc1. The average Bonchev–Trinajstić information content (AvgIpc) is 2.42. The largest absolute Gasteiger partial charge is 0.465 e. The van der Waals surface area contributed by atoms with Crippen LogP contribution >= 0.6 is 0 Å². The lowest BCUT2D eigenvalue weighted by Crippen LogP contribution is -2.20. The molecule has 2 rings (SSSR count). The maximum absolute atomic E-state index is 11.0. The van der Waals surface area contributed by atoms with Crippen molar-refractivity contribution in [3.63, 3.8) is 0 Å². The molecule has 6 heteroatoms. The van der Waals surface area contributed by atoms with Gasteiger partial charge in [-0.25, -0.2) is 9.59 Å². The average molecular weight is 285 g/mol. The Labute approximate surface area is 121 Å². The van der Waals surface area contributed by atoms with Gasteiger partial charge in [-0.1, -0.05) is 30.3 Å². The summed E-state index contributed by atoms with van der Waals surface area (Å²) in [5.74, 6) is 0. The number of benzene rings is 2. The zero-order valence-electron chi connectivity index (χ0n) is 11.2. The maximum atomic E-state index is 11.0. The first kappa shape index (κ1) is 14.4. The van der Waals surface area contributed by atoms with Crippen molar-refractivity contribution in [2.24, 2.45) is 5.73 Å². The van der Waals surface area contributed by atoms with Crippen molar-refractivity contribution in [1.29, 1.82) is 0 Å². The van der Waals surface area contributed by atoms with Gasteiger partial charge in [0.25, 0.3) is 0 Å². The second kappa shape index (κ2) is 6.42. The fourth-order valence-corrected chi connectivity index (χ4v) is 1.98. The molecule has 0 fully saturated rings. The third-order valence-corrected chi connectivity index (χ3v) is 2.88. The molecular formula is C15H15N3O3. The Kier molecular flexibility index (Phi) is 4.40. The lowest BCUT2D eigenvalue weighted by atomic mass is 10.0. The number of carbonyl (C=O) groups is 2. The minimum Gasteiger partial charge on any atom is -0.465 e. The van der Waals surface area contributed by atoms with E-state index in [0.717, 1.165) is 11.1 Å². The predicted molar refractivity (Wildman–Crippen MR) is 80.5 cm³/mol. The number of urea groups is 1. The van der Waals surface area contributed by atoms with E-state index >= 15 is 0 Å². The summed E-state index contributed by atoms with van der Waals surface area (Å²) in [7, 11) is 0. The number of amides is 3. The second-order valence-corrected chi connectivity index (χ2v) is 4.45. The van der Waals surface area contributed by atoms with Crippen molar-refractivity contribution in [2.75, 3.05) is 10.6 Å². The fourth-order valence-electron chi connectivity index (χ4n) is 1.98. The van der Waals surface area contributed by atoms with Gasteiger partial charge >= 0.3 is 12.1 Å². The van der Waals surface area contributed by atoms with E-state index < -0.39 is 12.1 Å². The monoisotopic (exact) mass is 285 g/mol. The van der Waals surface area contributed by atoms with Gasteiger partial charge in [0.2, 0.25) is 0 Å². The van der Waals surface area contributed by atoms with Crippen LogP contribution in [0.4, 0.5) is 21.0 Å². The fraction of sp³-hybridized carbons (Fsp3) is 0.0667. The molecular weight excluding hydrogens is 270 g/mol. The zero-order chi connectivity index (χ0) is 15.2. The van der Waals surface area contributed by atoms with E-state index in [1.807, 2.05) is 30.3 Å². The molecule has 0 saturated carbocycles. The predicted octanol–water partition coefficient (Wildman–Crippen LogP) is 2.86. The molecule has 0 unspecified atom stereocenters. The highest BCUT2D eigenvalue weighted by atomic mass is 16.4. The minimum atomic E-state index is -1.10. The van der Waals surface area contributed by atoms with E-state index in [-0.39, 0.29) is 0 Å². The van der Waals surface area contributed by atoms with E-state index in [9.17, 15) is 9.59 Å². The molecule has 2 aromatic rings. The molecule has 3 amide bonds. The molecule has 0 aliphatic carbocycles. The van der Waals surface area contributed by atoms with Crippen LogP contribution in [0.5, 0.6) is 0 Å². The van der Waals surface area contributed by atoms with Crippen molar-refractivity contribution in [3.05, 3.63) is 59.7 Å². The van der Waals surface area contributed by atoms with Gasteiger partial charge in [-0.05, 0) is 35.7 Å². The Bertz CT molecular complexity index is 653. The Morgan fingerprint density at radius 2 is 1.67 bits per heavy atom. The molecule has 0 aliphatic heterocycles. The van der Waals surface area contributed by atoms with Gasteiger partial charge in [-0.3, -0.25) is 5.32 Å². The molecule has 0 atom stereocenters. The lowest BCUT2D eigenvalue weighted by molar-refractivity contribution is 0.209.